The Kier molecular flexibility index (Phi) is 10.0. The topological polar surface area (TPSA) is 6.48 Å². The first kappa shape index (κ1) is 38.6. The van der Waals surface area contributed by atoms with Crippen LogP contribution in [0.3, 0.4) is 0 Å². The second-order valence-electron chi connectivity index (χ2n) is 17.7. The van der Waals surface area contributed by atoms with Crippen LogP contribution in [0.5, 0.6) is 0 Å². The summed E-state index contributed by atoms with van der Waals surface area (Å²) in [7, 11) is 2.01. The molecule has 0 spiro atoms. The van der Waals surface area contributed by atoms with E-state index in [1.165, 1.54) is 87.3 Å². The molecule has 0 aliphatic rings. The van der Waals surface area contributed by atoms with Gasteiger partial charge in [0.15, 0.2) is 0 Å². The molecular weight excluding hydrogens is 747 g/mol. The molecule has 0 aliphatic heterocycles. The molecule has 0 aromatic heterocycles. The van der Waals surface area contributed by atoms with Crippen molar-refractivity contribution in [2.75, 3.05) is 30.6 Å². The van der Waals surface area contributed by atoms with E-state index in [1.807, 2.05) is 0 Å². The summed E-state index contributed by atoms with van der Waals surface area (Å²) in [4.78, 5) is 5.08. The van der Waals surface area contributed by atoms with E-state index in [2.05, 4.69) is 222 Å². The Morgan fingerprint density at radius 2 is 0.750 bits per heavy atom. The zero-order valence-corrected chi connectivity index (χ0v) is 38.6. The molecular formula is C50H55N2P2Si2+. The fourth-order valence-corrected chi connectivity index (χ4v) is 22.2. The van der Waals surface area contributed by atoms with Crippen LogP contribution < -0.4 is 25.7 Å². The number of anilines is 4. The third kappa shape index (κ3) is 7.01. The maximum Gasteiger partial charge on any atom is 0.232 e. The molecule has 2 nitrogen and oxygen atoms in total. The van der Waals surface area contributed by atoms with Crippen LogP contribution >= 0.6 is 14.9 Å². The van der Waals surface area contributed by atoms with Gasteiger partial charge in [-0.15, -0.1) is 8.13 Å². The van der Waals surface area contributed by atoms with Crippen LogP contribution in [0.15, 0.2) is 146 Å². The first-order valence-corrected chi connectivity index (χ1v) is 31.9. The van der Waals surface area contributed by atoms with Gasteiger partial charge in [0.25, 0.3) is 0 Å². The highest BCUT2D eigenvalue weighted by Crippen LogP contribution is 2.65. The van der Waals surface area contributed by atoms with Gasteiger partial charge in [-0.1, -0.05) is 117 Å². The lowest BCUT2D eigenvalue weighted by Gasteiger charge is -2.39. The minimum absolute atomic E-state index is 0.807. The molecule has 0 saturated carbocycles. The summed E-state index contributed by atoms with van der Waals surface area (Å²) in [5.74, 6) is 0. The van der Waals surface area contributed by atoms with Crippen molar-refractivity contribution < 1.29 is 0 Å². The highest BCUT2D eigenvalue weighted by Gasteiger charge is 2.54. The largest absolute Gasteiger partial charge is 0.341 e. The maximum atomic E-state index is 2.68. The van der Waals surface area contributed by atoms with Gasteiger partial charge in [0.2, 0.25) is 7.74 Å². The van der Waals surface area contributed by atoms with Crippen molar-refractivity contribution in [1.29, 1.82) is 0 Å². The number of hydrogen-bond donors (Lipinski definition) is 0. The van der Waals surface area contributed by atoms with E-state index < -0.39 is 22.3 Å². The molecule has 282 valence electrons. The number of aryl methyl sites for hydroxylation is 1. The zero-order valence-electron chi connectivity index (χ0n) is 34.7. The lowest BCUT2D eigenvalue weighted by Crippen LogP contribution is -2.42. The highest BCUT2D eigenvalue weighted by molar-refractivity contribution is 8.17. The summed E-state index contributed by atoms with van der Waals surface area (Å²) < 4.78 is 0. The SMILES string of the molecule is Cc1cc2ccccc2cc1N(C)c1cc2ccccc2cc1[P+](C)(c1cc2ccccc2cc1N(C)c1cc2ccccc2cc1P[Si](C)(C)C)[Si](C)(C)C. The quantitative estimate of drug-likeness (QED) is 0.106. The number of fused-ring (bicyclic) bond motifs is 4. The van der Waals surface area contributed by atoms with Crippen LogP contribution in [0, 0.1) is 6.92 Å². The van der Waals surface area contributed by atoms with Crippen molar-refractivity contribution >= 4 is 112 Å². The molecule has 0 aliphatic carbocycles. The average molecular weight is 802 g/mol. The van der Waals surface area contributed by atoms with Crippen molar-refractivity contribution in [2.45, 2.75) is 46.2 Å². The molecule has 0 N–H and O–H groups in total. The predicted molar refractivity (Wildman–Crippen MR) is 263 cm³/mol. The van der Waals surface area contributed by atoms with Crippen molar-refractivity contribution in [3.05, 3.63) is 151 Å². The molecule has 2 unspecified atom stereocenters. The maximum absolute atomic E-state index is 2.68. The Bertz CT molecular complexity index is 2780. The normalized spacial score (nSPS) is 13.6. The molecule has 2 atom stereocenters. The van der Waals surface area contributed by atoms with Gasteiger partial charge in [0, 0.05) is 38.9 Å². The minimum Gasteiger partial charge on any atom is -0.341 e. The predicted octanol–water partition coefficient (Wildman–Crippen LogP) is 13.7. The van der Waals surface area contributed by atoms with Crippen LogP contribution in [-0.4, -0.2) is 36.2 Å². The van der Waals surface area contributed by atoms with Crippen LogP contribution in [0.2, 0.25) is 39.3 Å². The number of benzene rings is 8. The molecule has 0 radical (unpaired) electrons. The first-order valence-electron chi connectivity index (χ1n) is 19.8. The number of nitrogens with zero attached hydrogens (tertiary/aromatic N) is 2. The summed E-state index contributed by atoms with van der Waals surface area (Å²) in [5.41, 5.74) is 6.53. The molecule has 0 fully saturated rings. The fourth-order valence-electron chi connectivity index (χ4n) is 8.51. The van der Waals surface area contributed by atoms with Gasteiger partial charge in [-0.2, -0.15) is 0 Å². The van der Waals surface area contributed by atoms with E-state index in [-0.39, 0.29) is 0 Å². The van der Waals surface area contributed by atoms with E-state index in [0.29, 0.717) is 0 Å². The fraction of sp³-hybridized carbons (Fsp3) is 0.200. The Labute approximate surface area is 338 Å². The van der Waals surface area contributed by atoms with Gasteiger partial charge in [-0.25, -0.2) is 0 Å². The molecule has 6 heteroatoms. The number of rotatable bonds is 9. The second kappa shape index (κ2) is 14.6. The lowest BCUT2D eigenvalue weighted by molar-refractivity contribution is 1.20. The second-order valence-corrected chi connectivity index (χ2v) is 42.3. The zero-order chi connectivity index (χ0) is 39.6. The van der Waals surface area contributed by atoms with Crippen molar-refractivity contribution in [3.8, 4) is 0 Å². The van der Waals surface area contributed by atoms with Crippen molar-refractivity contribution in [2.24, 2.45) is 0 Å². The van der Waals surface area contributed by atoms with Gasteiger partial charge >= 0.3 is 0 Å². The van der Waals surface area contributed by atoms with E-state index in [9.17, 15) is 0 Å². The summed E-state index contributed by atoms with van der Waals surface area (Å²) in [6, 6.07) is 55.5. The average Bonchev–Trinajstić information content (AvgIpc) is 3.17. The third-order valence-electron chi connectivity index (χ3n) is 11.9. The van der Waals surface area contributed by atoms with Crippen LogP contribution in [0.1, 0.15) is 5.56 Å². The molecule has 8 aromatic rings. The van der Waals surface area contributed by atoms with Crippen molar-refractivity contribution in [3.63, 3.8) is 0 Å². The van der Waals surface area contributed by atoms with Crippen LogP contribution in [-0.2, 0) is 0 Å². The van der Waals surface area contributed by atoms with E-state index in [0.717, 1.165) is 8.13 Å². The van der Waals surface area contributed by atoms with Crippen LogP contribution in [0.4, 0.5) is 22.7 Å². The van der Waals surface area contributed by atoms with E-state index in [4.69, 9.17) is 0 Å². The smallest absolute Gasteiger partial charge is 0.232 e. The molecule has 0 saturated heterocycles. The van der Waals surface area contributed by atoms with E-state index in [1.54, 1.807) is 0 Å². The minimum atomic E-state index is -2.09. The molecule has 0 bridgehead atoms. The van der Waals surface area contributed by atoms with Crippen molar-refractivity contribution in [1.82, 2.24) is 0 Å². The summed E-state index contributed by atoms with van der Waals surface area (Å²) >= 11 is 0. The van der Waals surface area contributed by atoms with E-state index >= 15 is 0 Å². The molecule has 56 heavy (non-hydrogen) atoms. The monoisotopic (exact) mass is 801 g/mol. The Morgan fingerprint density at radius 3 is 1.14 bits per heavy atom. The summed E-state index contributed by atoms with van der Waals surface area (Å²) in [6.07, 6.45) is 0. The lowest BCUT2D eigenvalue weighted by atomic mass is 10.0. The van der Waals surface area contributed by atoms with Gasteiger partial charge in [-0.3, -0.25) is 0 Å². The first-order chi connectivity index (χ1) is 26.6. The molecule has 0 amide bonds. The van der Waals surface area contributed by atoms with Crippen LogP contribution in [0.25, 0.3) is 43.1 Å². The number of hydrogen-bond acceptors (Lipinski definition) is 2. The Morgan fingerprint density at radius 1 is 0.429 bits per heavy atom. The van der Waals surface area contributed by atoms with Gasteiger partial charge in [0.05, 0.1) is 19.1 Å². The summed E-state index contributed by atoms with van der Waals surface area (Å²) in [6.45, 7) is 18.2. The van der Waals surface area contributed by atoms with Gasteiger partial charge in [-0.05, 0) is 129 Å². The van der Waals surface area contributed by atoms with Gasteiger partial charge in [0.1, 0.15) is 10.6 Å². The molecule has 0 heterocycles. The Balaban J connectivity index is 1.43. The third-order valence-corrected chi connectivity index (χ3v) is 31.2. The van der Waals surface area contributed by atoms with Gasteiger partial charge < -0.3 is 9.80 Å². The highest BCUT2D eigenvalue weighted by atomic mass is 31.4. The Hall–Kier alpha value is -4.31. The summed E-state index contributed by atoms with van der Waals surface area (Å²) in [5, 5.41) is 14.9. The molecule has 8 rings (SSSR count). The standard InChI is InChI=1S/C50H55N2P2Si2/c1-35-27-36-19-11-12-20-37(36)28-44(35)51(2)46-30-39-22-14-17-25-42(39)33-49(46)54(4,56(8,9)10)50-34-43-26-18-15-23-40(43)31-47(50)52(3)45-29-38-21-13-16-24-41(38)32-48(45)53-55(5,6)7/h11-34,53H,1-10H3/q+1. The molecule has 8 aromatic carbocycles.